The number of amides is 1. The maximum absolute atomic E-state index is 12.6. The summed E-state index contributed by atoms with van der Waals surface area (Å²) in [6, 6.07) is 8.30. The molecule has 1 amide bonds. The minimum atomic E-state index is -0.00487. The highest BCUT2D eigenvalue weighted by Gasteiger charge is 2.18. The van der Waals surface area contributed by atoms with Gasteiger partial charge in [0.1, 0.15) is 11.5 Å². The Morgan fingerprint density at radius 1 is 1.07 bits per heavy atom. The van der Waals surface area contributed by atoms with E-state index in [1.54, 1.807) is 12.4 Å². The lowest BCUT2D eigenvalue weighted by molar-refractivity contribution is 0.0755. The zero-order chi connectivity index (χ0) is 18.5. The van der Waals surface area contributed by atoms with Gasteiger partial charge in [0.15, 0.2) is 0 Å². The largest absolute Gasteiger partial charge is 0.368 e. The highest BCUT2D eigenvalue weighted by atomic mass is 16.2. The number of benzene rings is 1. The van der Waals surface area contributed by atoms with Gasteiger partial charge in [0, 0.05) is 36.7 Å². The highest BCUT2D eigenvalue weighted by molar-refractivity contribution is 5.92. The van der Waals surface area contributed by atoms with E-state index in [-0.39, 0.29) is 5.91 Å². The molecule has 27 heavy (non-hydrogen) atoms. The summed E-state index contributed by atoms with van der Waals surface area (Å²) < 4.78 is 0. The van der Waals surface area contributed by atoms with E-state index in [0.29, 0.717) is 11.5 Å². The summed E-state index contributed by atoms with van der Waals surface area (Å²) in [7, 11) is 0. The van der Waals surface area contributed by atoms with Crippen molar-refractivity contribution in [2.75, 3.05) is 25.0 Å². The van der Waals surface area contributed by atoms with Crippen LogP contribution in [0.1, 0.15) is 41.7 Å². The quantitative estimate of drug-likeness (QED) is 0.726. The van der Waals surface area contributed by atoms with Gasteiger partial charge in [0.2, 0.25) is 0 Å². The van der Waals surface area contributed by atoms with Crippen LogP contribution < -0.4 is 5.32 Å². The molecule has 0 saturated carbocycles. The Labute approximate surface area is 159 Å². The van der Waals surface area contributed by atoms with Crippen LogP contribution in [0.5, 0.6) is 0 Å². The van der Waals surface area contributed by atoms with Gasteiger partial charge < -0.3 is 15.2 Å². The number of anilines is 1. The molecular formula is C21H25N5O. The van der Waals surface area contributed by atoms with Gasteiger partial charge in [-0.25, -0.2) is 9.97 Å². The van der Waals surface area contributed by atoms with Gasteiger partial charge in [-0.2, -0.15) is 0 Å². The van der Waals surface area contributed by atoms with Crippen molar-refractivity contribution in [1.29, 1.82) is 0 Å². The van der Waals surface area contributed by atoms with Gasteiger partial charge in [0.25, 0.3) is 5.91 Å². The van der Waals surface area contributed by atoms with Gasteiger partial charge in [-0.3, -0.25) is 4.79 Å². The van der Waals surface area contributed by atoms with Gasteiger partial charge in [0.05, 0.1) is 12.4 Å². The molecule has 2 aromatic heterocycles. The van der Waals surface area contributed by atoms with Crippen molar-refractivity contribution in [3.63, 3.8) is 0 Å². The molecule has 1 aliphatic heterocycles. The number of carbonyl (C=O) groups is 1. The molecule has 0 aliphatic carbocycles. The lowest BCUT2D eigenvalue weighted by Gasteiger charge is -2.19. The molecule has 1 aliphatic rings. The summed E-state index contributed by atoms with van der Waals surface area (Å²) in [5.41, 5.74) is 2.86. The number of carbonyl (C=O) groups excluding carboxylic acids is 1. The standard InChI is InChI=1S/C21H25N5O/c27-21(26-11-5-1-2-6-12-26)19-14-25-20(15-24-19)22-10-9-16-13-23-18-8-4-3-7-17(16)18/h3-4,7-8,13-15,23H,1-2,5-6,9-12H2,(H,22,25). The van der Waals surface area contributed by atoms with Crippen LogP contribution in [0.2, 0.25) is 0 Å². The third-order valence-corrected chi connectivity index (χ3v) is 5.14. The number of aromatic amines is 1. The first kappa shape index (κ1) is 17.5. The Morgan fingerprint density at radius 3 is 2.67 bits per heavy atom. The third-order valence-electron chi connectivity index (χ3n) is 5.14. The summed E-state index contributed by atoms with van der Waals surface area (Å²) in [5.74, 6) is 0.692. The SMILES string of the molecule is O=C(c1cnc(NCCc2c[nH]c3ccccc23)cn1)N1CCCCCC1. The number of hydrogen-bond donors (Lipinski definition) is 2. The predicted molar refractivity (Wildman–Crippen MR) is 107 cm³/mol. The number of fused-ring (bicyclic) bond motifs is 1. The molecule has 3 heterocycles. The van der Waals surface area contributed by atoms with Crippen molar-refractivity contribution in [1.82, 2.24) is 19.9 Å². The Morgan fingerprint density at radius 2 is 1.89 bits per heavy atom. The van der Waals surface area contributed by atoms with Crippen LogP contribution in [0.3, 0.4) is 0 Å². The Hall–Kier alpha value is -2.89. The van der Waals surface area contributed by atoms with Crippen LogP contribution in [0.15, 0.2) is 42.9 Å². The van der Waals surface area contributed by atoms with Crippen molar-refractivity contribution in [2.45, 2.75) is 32.1 Å². The number of likely N-dealkylation sites (tertiary alicyclic amines) is 1. The molecule has 0 atom stereocenters. The second-order valence-electron chi connectivity index (χ2n) is 7.03. The van der Waals surface area contributed by atoms with Crippen molar-refractivity contribution in [3.05, 3.63) is 54.1 Å². The Balaban J connectivity index is 1.33. The van der Waals surface area contributed by atoms with Gasteiger partial charge in [-0.15, -0.1) is 0 Å². The fourth-order valence-electron chi connectivity index (χ4n) is 3.63. The van der Waals surface area contributed by atoms with E-state index in [1.165, 1.54) is 23.8 Å². The summed E-state index contributed by atoms with van der Waals surface area (Å²) >= 11 is 0. The van der Waals surface area contributed by atoms with E-state index in [9.17, 15) is 4.79 Å². The number of nitrogens with one attached hydrogen (secondary N) is 2. The van der Waals surface area contributed by atoms with Crippen LogP contribution in [-0.4, -0.2) is 45.4 Å². The zero-order valence-electron chi connectivity index (χ0n) is 15.4. The molecule has 0 radical (unpaired) electrons. The normalized spacial score (nSPS) is 14.9. The Bertz CT molecular complexity index is 894. The number of nitrogens with zero attached hydrogens (tertiary/aromatic N) is 3. The van der Waals surface area contributed by atoms with Gasteiger partial charge in [-0.1, -0.05) is 31.0 Å². The van der Waals surface area contributed by atoms with E-state index in [2.05, 4.69) is 44.7 Å². The first-order chi connectivity index (χ1) is 13.3. The zero-order valence-corrected chi connectivity index (χ0v) is 15.4. The topological polar surface area (TPSA) is 73.9 Å². The van der Waals surface area contributed by atoms with E-state index in [0.717, 1.165) is 44.4 Å². The molecule has 1 fully saturated rings. The minimum Gasteiger partial charge on any atom is -0.368 e. The first-order valence-electron chi connectivity index (χ1n) is 9.71. The minimum absolute atomic E-state index is 0.00487. The average Bonchev–Trinajstić information content (AvgIpc) is 2.93. The molecule has 1 saturated heterocycles. The molecule has 2 N–H and O–H groups in total. The summed E-state index contributed by atoms with van der Waals surface area (Å²) in [6.07, 6.45) is 10.7. The van der Waals surface area contributed by atoms with Gasteiger partial charge in [-0.05, 0) is 30.9 Å². The second kappa shape index (κ2) is 8.20. The van der Waals surface area contributed by atoms with Crippen molar-refractivity contribution in [2.24, 2.45) is 0 Å². The van der Waals surface area contributed by atoms with Crippen molar-refractivity contribution in [3.8, 4) is 0 Å². The lowest BCUT2D eigenvalue weighted by atomic mass is 10.1. The maximum atomic E-state index is 12.6. The summed E-state index contributed by atoms with van der Waals surface area (Å²) in [4.78, 5) is 26.5. The third kappa shape index (κ3) is 4.10. The van der Waals surface area contributed by atoms with Crippen LogP contribution in [0.25, 0.3) is 10.9 Å². The average molecular weight is 363 g/mol. The molecule has 0 spiro atoms. The molecule has 3 aromatic rings. The van der Waals surface area contributed by atoms with Crippen LogP contribution in [0.4, 0.5) is 5.82 Å². The van der Waals surface area contributed by atoms with Crippen LogP contribution in [-0.2, 0) is 6.42 Å². The summed E-state index contributed by atoms with van der Waals surface area (Å²) in [6.45, 7) is 2.41. The van der Waals surface area contributed by atoms with Crippen molar-refractivity contribution < 1.29 is 4.79 Å². The number of aromatic nitrogens is 3. The number of rotatable bonds is 5. The van der Waals surface area contributed by atoms with E-state index >= 15 is 0 Å². The van der Waals surface area contributed by atoms with E-state index < -0.39 is 0 Å². The fraction of sp³-hybridized carbons (Fsp3) is 0.381. The molecule has 140 valence electrons. The highest BCUT2D eigenvalue weighted by Crippen LogP contribution is 2.18. The van der Waals surface area contributed by atoms with Crippen molar-refractivity contribution >= 4 is 22.6 Å². The van der Waals surface area contributed by atoms with E-state index in [4.69, 9.17) is 0 Å². The van der Waals surface area contributed by atoms with Gasteiger partial charge >= 0.3 is 0 Å². The predicted octanol–water partition coefficient (Wildman–Crippen LogP) is 3.63. The molecular weight excluding hydrogens is 338 g/mol. The van der Waals surface area contributed by atoms with Crippen LogP contribution in [0, 0.1) is 0 Å². The smallest absolute Gasteiger partial charge is 0.274 e. The Kier molecular flexibility index (Phi) is 5.32. The molecule has 0 unspecified atom stereocenters. The first-order valence-corrected chi connectivity index (χ1v) is 9.71. The number of hydrogen-bond acceptors (Lipinski definition) is 4. The number of para-hydroxylation sites is 1. The number of H-pyrrole nitrogens is 1. The van der Waals surface area contributed by atoms with Crippen LogP contribution >= 0.6 is 0 Å². The molecule has 6 heteroatoms. The maximum Gasteiger partial charge on any atom is 0.274 e. The molecule has 6 nitrogen and oxygen atoms in total. The molecule has 1 aromatic carbocycles. The lowest BCUT2D eigenvalue weighted by Crippen LogP contribution is -2.32. The fourth-order valence-corrected chi connectivity index (χ4v) is 3.63. The van der Waals surface area contributed by atoms with E-state index in [1.807, 2.05) is 11.0 Å². The molecule has 4 rings (SSSR count). The molecule has 0 bridgehead atoms. The summed E-state index contributed by atoms with van der Waals surface area (Å²) in [5, 5.41) is 4.54. The monoisotopic (exact) mass is 363 g/mol. The second-order valence-corrected chi connectivity index (χ2v) is 7.03.